The normalized spacial score (nSPS) is 23.9. The zero-order valence-electron chi connectivity index (χ0n) is 14.8. The maximum atomic E-state index is 6.60. The van der Waals surface area contributed by atoms with Gasteiger partial charge in [-0.1, -0.05) is 51.1 Å². The minimum absolute atomic E-state index is 0.262. The maximum absolute atomic E-state index is 6.60. The van der Waals surface area contributed by atoms with Crippen molar-refractivity contribution in [1.82, 2.24) is 4.90 Å². The van der Waals surface area contributed by atoms with E-state index < -0.39 is 8.32 Å². The summed E-state index contributed by atoms with van der Waals surface area (Å²) in [6.07, 6.45) is 1.40. The summed E-state index contributed by atoms with van der Waals surface area (Å²) in [5, 5.41) is 0.262. The van der Waals surface area contributed by atoms with Gasteiger partial charge in [-0.2, -0.15) is 0 Å². The number of likely N-dealkylation sites (tertiary alicyclic amines) is 1. The standard InChI is InChI=1S/C18H32N2OSi/c1-18(2,3)22(4,5)21-17-11-16(12-19)20(14-17)13-15-9-7-6-8-10-15/h6-10,16-17H,11-14,19H2,1-5H3/t16-,17-/m1/s1. The van der Waals surface area contributed by atoms with Gasteiger partial charge in [-0.3, -0.25) is 4.90 Å². The summed E-state index contributed by atoms with van der Waals surface area (Å²) in [5.74, 6) is 0. The van der Waals surface area contributed by atoms with Crippen LogP contribution in [0.5, 0.6) is 0 Å². The lowest BCUT2D eigenvalue weighted by atomic mass is 10.2. The summed E-state index contributed by atoms with van der Waals surface area (Å²) in [6, 6.07) is 11.1. The molecule has 0 aliphatic carbocycles. The van der Waals surface area contributed by atoms with Crippen LogP contribution >= 0.6 is 0 Å². The van der Waals surface area contributed by atoms with Gasteiger partial charge in [0.25, 0.3) is 0 Å². The van der Waals surface area contributed by atoms with Crippen molar-refractivity contribution in [3.63, 3.8) is 0 Å². The minimum atomic E-state index is -1.70. The molecule has 2 atom stereocenters. The summed E-state index contributed by atoms with van der Waals surface area (Å²) in [6.45, 7) is 14.3. The number of rotatable bonds is 5. The molecule has 2 rings (SSSR count). The Balaban J connectivity index is 2.00. The highest BCUT2D eigenvalue weighted by Crippen LogP contribution is 2.38. The highest BCUT2D eigenvalue weighted by atomic mass is 28.4. The first-order valence-electron chi connectivity index (χ1n) is 8.39. The first-order chi connectivity index (χ1) is 10.2. The molecule has 0 spiro atoms. The van der Waals surface area contributed by atoms with Crippen LogP contribution in [0.3, 0.4) is 0 Å². The number of nitrogens with two attached hydrogens (primary N) is 1. The van der Waals surface area contributed by atoms with Gasteiger partial charge in [-0.05, 0) is 30.1 Å². The molecule has 1 saturated heterocycles. The molecule has 1 aliphatic rings. The lowest BCUT2D eigenvalue weighted by molar-refractivity contribution is 0.177. The van der Waals surface area contributed by atoms with Gasteiger partial charge in [-0.15, -0.1) is 0 Å². The van der Waals surface area contributed by atoms with Crippen LogP contribution in [0.4, 0.5) is 0 Å². The predicted molar refractivity (Wildman–Crippen MR) is 96.4 cm³/mol. The number of nitrogens with zero attached hydrogens (tertiary/aromatic N) is 1. The van der Waals surface area contributed by atoms with Crippen molar-refractivity contribution in [3.8, 4) is 0 Å². The Morgan fingerprint density at radius 3 is 2.41 bits per heavy atom. The molecule has 124 valence electrons. The molecule has 1 heterocycles. The zero-order valence-corrected chi connectivity index (χ0v) is 15.8. The van der Waals surface area contributed by atoms with Gasteiger partial charge in [0.05, 0.1) is 6.10 Å². The molecule has 0 bridgehead atoms. The van der Waals surface area contributed by atoms with Crippen LogP contribution < -0.4 is 5.73 Å². The fraction of sp³-hybridized carbons (Fsp3) is 0.667. The third kappa shape index (κ3) is 4.19. The Kier molecular flexibility index (Phi) is 5.48. The van der Waals surface area contributed by atoms with E-state index in [4.69, 9.17) is 10.2 Å². The Hall–Kier alpha value is -0.683. The third-order valence-electron chi connectivity index (χ3n) is 5.26. The average Bonchev–Trinajstić information content (AvgIpc) is 2.79. The Labute approximate surface area is 137 Å². The molecule has 1 fully saturated rings. The Morgan fingerprint density at radius 1 is 1.23 bits per heavy atom. The van der Waals surface area contributed by atoms with Crippen LogP contribution in [0.2, 0.25) is 18.1 Å². The molecule has 2 N–H and O–H groups in total. The largest absolute Gasteiger partial charge is 0.413 e. The lowest BCUT2D eigenvalue weighted by Gasteiger charge is -2.38. The molecule has 0 aromatic heterocycles. The SMILES string of the molecule is CC(C)(C)[Si](C)(C)O[C@@H]1C[C@H](CN)N(Cc2ccccc2)C1. The van der Waals surface area contributed by atoms with Crippen molar-refractivity contribution in [2.75, 3.05) is 13.1 Å². The van der Waals surface area contributed by atoms with E-state index in [0.29, 0.717) is 18.7 Å². The van der Waals surface area contributed by atoms with E-state index in [1.165, 1.54) is 5.56 Å². The fourth-order valence-corrected chi connectivity index (χ4v) is 4.23. The maximum Gasteiger partial charge on any atom is 0.192 e. The zero-order chi connectivity index (χ0) is 16.4. The summed E-state index contributed by atoms with van der Waals surface area (Å²) in [4.78, 5) is 2.49. The lowest BCUT2D eigenvalue weighted by Crippen LogP contribution is -2.44. The van der Waals surface area contributed by atoms with Crippen LogP contribution in [0.25, 0.3) is 0 Å². The number of benzene rings is 1. The van der Waals surface area contributed by atoms with Crippen molar-refractivity contribution >= 4 is 8.32 Å². The topological polar surface area (TPSA) is 38.5 Å². The molecule has 0 unspecified atom stereocenters. The van der Waals surface area contributed by atoms with E-state index in [2.05, 4.69) is 69.1 Å². The fourth-order valence-electron chi connectivity index (χ4n) is 2.87. The molecular formula is C18H32N2OSi. The highest BCUT2D eigenvalue weighted by Gasteiger charge is 2.42. The van der Waals surface area contributed by atoms with E-state index in [1.807, 2.05) is 0 Å². The second kappa shape index (κ2) is 6.83. The Bertz CT molecular complexity index is 470. The van der Waals surface area contributed by atoms with Crippen molar-refractivity contribution < 1.29 is 4.43 Å². The summed E-state index contributed by atoms with van der Waals surface area (Å²) in [5.41, 5.74) is 7.36. The molecule has 0 saturated carbocycles. The minimum Gasteiger partial charge on any atom is -0.413 e. The quantitative estimate of drug-likeness (QED) is 0.842. The molecule has 1 aromatic carbocycles. The molecule has 4 heteroatoms. The van der Waals surface area contributed by atoms with Crippen molar-refractivity contribution in [3.05, 3.63) is 35.9 Å². The van der Waals surface area contributed by atoms with E-state index in [0.717, 1.165) is 19.5 Å². The first-order valence-corrected chi connectivity index (χ1v) is 11.3. The Morgan fingerprint density at radius 2 is 1.86 bits per heavy atom. The van der Waals surface area contributed by atoms with Crippen molar-refractivity contribution in [2.45, 2.75) is 64.0 Å². The van der Waals surface area contributed by atoms with Crippen LogP contribution in [-0.4, -0.2) is 38.5 Å². The van der Waals surface area contributed by atoms with Gasteiger partial charge in [0.15, 0.2) is 8.32 Å². The molecule has 22 heavy (non-hydrogen) atoms. The van der Waals surface area contributed by atoms with Crippen molar-refractivity contribution in [2.24, 2.45) is 5.73 Å². The number of hydrogen-bond donors (Lipinski definition) is 1. The summed E-state index contributed by atoms with van der Waals surface area (Å²) < 4.78 is 6.60. The second-order valence-electron chi connectivity index (χ2n) is 8.04. The third-order valence-corrected chi connectivity index (χ3v) is 9.79. The van der Waals surface area contributed by atoms with Gasteiger partial charge >= 0.3 is 0 Å². The van der Waals surface area contributed by atoms with E-state index in [-0.39, 0.29) is 5.04 Å². The van der Waals surface area contributed by atoms with Crippen LogP contribution in [-0.2, 0) is 11.0 Å². The number of hydrogen-bond acceptors (Lipinski definition) is 3. The molecular weight excluding hydrogens is 288 g/mol. The second-order valence-corrected chi connectivity index (χ2v) is 12.8. The van der Waals surface area contributed by atoms with Gasteiger partial charge in [-0.25, -0.2) is 0 Å². The molecule has 0 radical (unpaired) electrons. The smallest absolute Gasteiger partial charge is 0.192 e. The highest BCUT2D eigenvalue weighted by molar-refractivity contribution is 6.74. The van der Waals surface area contributed by atoms with Crippen molar-refractivity contribution in [1.29, 1.82) is 0 Å². The van der Waals surface area contributed by atoms with Crippen LogP contribution in [0.1, 0.15) is 32.8 Å². The van der Waals surface area contributed by atoms with Gasteiger partial charge < -0.3 is 10.2 Å². The monoisotopic (exact) mass is 320 g/mol. The first kappa shape index (κ1) is 17.7. The summed E-state index contributed by atoms with van der Waals surface area (Å²) in [7, 11) is -1.70. The summed E-state index contributed by atoms with van der Waals surface area (Å²) >= 11 is 0. The van der Waals surface area contributed by atoms with Gasteiger partial charge in [0.2, 0.25) is 0 Å². The molecule has 1 aromatic rings. The molecule has 3 nitrogen and oxygen atoms in total. The van der Waals surface area contributed by atoms with Gasteiger partial charge in [0.1, 0.15) is 0 Å². The van der Waals surface area contributed by atoms with Crippen LogP contribution in [0.15, 0.2) is 30.3 Å². The van der Waals surface area contributed by atoms with E-state index in [1.54, 1.807) is 0 Å². The van der Waals surface area contributed by atoms with E-state index >= 15 is 0 Å². The molecule has 1 aliphatic heterocycles. The predicted octanol–water partition coefficient (Wildman–Crippen LogP) is 3.61. The van der Waals surface area contributed by atoms with Crippen LogP contribution in [0, 0.1) is 0 Å². The molecule has 0 amide bonds. The van der Waals surface area contributed by atoms with Gasteiger partial charge in [0, 0.05) is 25.7 Å². The average molecular weight is 321 g/mol. The van der Waals surface area contributed by atoms with E-state index in [9.17, 15) is 0 Å².